The maximum atomic E-state index is 12.7. The summed E-state index contributed by atoms with van der Waals surface area (Å²) in [6.07, 6.45) is 0.468. The topological polar surface area (TPSA) is 76.6 Å². The van der Waals surface area contributed by atoms with E-state index >= 15 is 0 Å². The molecule has 1 aliphatic rings. The molecule has 1 aromatic heterocycles. The van der Waals surface area contributed by atoms with E-state index in [0.29, 0.717) is 12.3 Å². The van der Waals surface area contributed by atoms with Gasteiger partial charge in [0.25, 0.3) is 5.91 Å². The van der Waals surface area contributed by atoms with Gasteiger partial charge in [-0.15, -0.1) is 0 Å². The Morgan fingerprint density at radius 2 is 2.09 bits per heavy atom. The molecule has 122 valence electrons. The molecule has 1 aromatic carbocycles. The summed E-state index contributed by atoms with van der Waals surface area (Å²) >= 11 is 0. The quantitative estimate of drug-likeness (QED) is 0.850. The fourth-order valence-corrected chi connectivity index (χ4v) is 4.63. The van der Waals surface area contributed by atoms with Gasteiger partial charge in [-0.2, -0.15) is 0 Å². The van der Waals surface area contributed by atoms with Crippen molar-refractivity contribution in [1.29, 1.82) is 0 Å². The number of amides is 1. The number of ether oxygens (including phenoxy) is 1. The Labute approximate surface area is 135 Å². The van der Waals surface area contributed by atoms with Crippen LogP contribution in [0.25, 0.3) is 10.8 Å². The van der Waals surface area contributed by atoms with E-state index in [-0.39, 0.29) is 29.1 Å². The molecule has 2 heterocycles. The number of rotatable bonds is 3. The molecule has 2 aromatic rings. The maximum Gasteiger partial charge on any atom is 0.272 e. The number of pyridine rings is 1. The van der Waals surface area contributed by atoms with Gasteiger partial charge in [-0.25, -0.2) is 13.4 Å². The van der Waals surface area contributed by atoms with Crippen LogP contribution in [0.5, 0.6) is 5.88 Å². The number of carbonyl (C=O) groups excluding carboxylic acids is 1. The maximum absolute atomic E-state index is 12.7. The molecule has 3 rings (SSSR count). The molecule has 1 amide bonds. The van der Waals surface area contributed by atoms with Gasteiger partial charge in [-0.1, -0.05) is 18.2 Å². The second-order valence-corrected chi connectivity index (χ2v) is 7.94. The molecular formula is C16H18N2O4S. The number of carbonyl (C=O) groups is 1. The Balaban J connectivity index is 1.94. The molecule has 1 saturated heterocycles. The van der Waals surface area contributed by atoms with Crippen molar-refractivity contribution in [2.75, 3.05) is 25.7 Å². The predicted octanol–water partition coefficient (Wildman–Crippen LogP) is 1.50. The highest BCUT2D eigenvalue weighted by Gasteiger charge is 2.33. The number of hydrogen-bond donors (Lipinski definition) is 0. The minimum absolute atomic E-state index is 0.0138. The molecule has 23 heavy (non-hydrogen) atoms. The molecule has 0 N–H and O–H groups in total. The molecule has 1 fully saturated rings. The highest BCUT2D eigenvalue weighted by Crippen LogP contribution is 2.25. The van der Waals surface area contributed by atoms with E-state index in [0.717, 1.165) is 10.8 Å². The van der Waals surface area contributed by atoms with E-state index in [1.54, 1.807) is 13.1 Å². The van der Waals surface area contributed by atoms with Crippen LogP contribution in [0.1, 0.15) is 16.9 Å². The minimum atomic E-state index is -3.04. The molecule has 7 heteroatoms. The Bertz CT molecular complexity index is 864. The highest BCUT2D eigenvalue weighted by molar-refractivity contribution is 7.91. The van der Waals surface area contributed by atoms with Crippen molar-refractivity contribution < 1.29 is 17.9 Å². The Kier molecular flexibility index (Phi) is 3.97. The zero-order valence-corrected chi connectivity index (χ0v) is 13.8. The second-order valence-electron chi connectivity index (χ2n) is 5.71. The average molecular weight is 334 g/mol. The third-order valence-electron chi connectivity index (χ3n) is 4.19. The van der Waals surface area contributed by atoms with Crippen LogP contribution in [-0.4, -0.2) is 55.9 Å². The molecule has 6 nitrogen and oxygen atoms in total. The number of aromatic nitrogens is 1. The van der Waals surface area contributed by atoms with Crippen LogP contribution in [0.4, 0.5) is 0 Å². The van der Waals surface area contributed by atoms with Crippen LogP contribution in [0, 0.1) is 0 Å². The van der Waals surface area contributed by atoms with E-state index in [1.165, 1.54) is 12.0 Å². The molecule has 0 unspecified atom stereocenters. The minimum Gasteiger partial charge on any atom is -0.481 e. The lowest BCUT2D eigenvalue weighted by molar-refractivity contribution is 0.0741. The van der Waals surface area contributed by atoms with Gasteiger partial charge in [0.05, 0.1) is 18.6 Å². The van der Waals surface area contributed by atoms with Gasteiger partial charge in [0.15, 0.2) is 9.84 Å². The van der Waals surface area contributed by atoms with E-state index < -0.39 is 9.84 Å². The summed E-state index contributed by atoms with van der Waals surface area (Å²) in [6, 6.07) is 8.93. The van der Waals surface area contributed by atoms with Crippen molar-refractivity contribution >= 4 is 26.5 Å². The molecule has 0 spiro atoms. The average Bonchev–Trinajstić information content (AvgIpc) is 2.92. The number of sulfone groups is 1. The van der Waals surface area contributed by atoms with Crippen molar-refractivity contribution in [3.63, 3.8) is 0 Å². The van der Waals surface area contributed by atoms with Crippen LogP contribution < -0.4 is 4.74 Å². The van der Waals surface area contributed by atoms with Gasteiger partial charge in [0.2, 0.25) is 5.88 Å². The smallest absolute Gasteiger partial charge is 0.272 e. The number of hydrogen-bond acceptors (Lipinski definition) is 5. The number of nitrogens with zero attached hydrogens (tertiary/aromatic N) is 2. The van der Waals surface area contributed by atoms with Crippen LogP contribution in [0.3, 0.4) is 0 Å². The predicted molar refractivity (Wildman–Crippen MR) is 87.4 cm³/mol. The standard InChI is InChI=1S/C16H18N2O4S/c1-18(12-7-8-23(20,21)10-12)16(19)14-9-11-5-3-4-6-13(11)15(17-14)22-2/h3-6,9,12H,7-8,10H2,1-2H3/t12-/m0/s1. The first kappa shape index (κ1) is 15.7. The van der Waals surface area contributed by atoms with Gasteiger partial charge < -0.3 is 9.64 Å². The van der Waals surface area contributed by atoms with Crippen LogP contribution in [-0.2, 0) is 9.84 Å². The summed E-state index contributed by atoms with van der Waals surface area (Å²) in [6.45, 7) is 0. The summed E-state index contributed by atoms with van der Waals surface area (Å²) in [5.74, 6) is 0.235. The zero-order chi connectivity index (χ0) is 16.6. The van der Waals surface area contributed by atoms with Gasteiger partial charge in [-0.05, 0) is 23.9 Å². The highest BCUT2D eigenvalue weighted by atomic mass is 32.2. The van der Waals surface area contributed by atoms with Crippen LogP contribution in [0.2, 0.25) is 0 Å². The summed E-state index contributed by atoms with van der Waals surface area (Å²) in [4.78, 5) is 18.4. The molecule has 0 bridgehead atoms. The monoisotopic (exact) mass is 334 g/mol. The summed E-state index contributed by atoms with van der Waals surface area (Å²) in [7, 11) is 0.0897. The van der Waals surface area contributed by atoms with Crippen molar-refractivity contribution in [1.82, 2.24) is 9.88 Å². The third kappa shape index (κ3) is 3.01. The lowest BCUT2D eigenvalue weighted by Gasteiger charge is -2.23. The van der Waals surface area contributed by atoms with Crippen molar-refractivity contribution in [2.45, 2.75) is 12.5 Å². The van der Waals surface area contributed by atoms with Gasteiger partial charge in [0, 0.05) is 18.5 Å². The normalized spacial score (nSPS) is 19.7. The molecule has 0 saturated carbocycles. The lowest BCUT2D eigenvalue weighted by atomic mass is 10.1. The van der Waals surface area contributed by atoms with E-state index in [9.17, 15) is 13.2 Å². The van der Waals surface area contributed by atoms with Crippen molar-refractivity contribution in [3.8, 4) is 5.88 Å². The molecule has 1 atom stereocenters. The molecule has 0 aliphatic carbocycles. The Hall–Kier alpha value is -2.15. The van der Waals surface area contributed by atoms with E-state index in [1.807, 2.05) is 24.3 Å². The molecule has 1 aliphatic heterocycles. The SMILES string of the molecule is COc1nc(C(=O)N(C)[C@H]2CCS(=O)(=O)C2)cc2ccccc12. The zero-order valence-electron chi connectivity index (χ0n) is 13.0. The summed E-state index contributed by atoms with van der Waals surface area (Å²) in [5.41, 5.74) is 0.257. The summed E-state index contributed by atoms with van der Waals surface area (Å²) in [5, 5.41) is 1.69. The van der Waals surface area contributed by atoms with Gasteiger partial charge >= 0.3 is 0 Å². The molecular weight excluding hydrogens is 316 g/mol. The Morgan fingerprint density at radius 1 is 1.35 bits per heavy atom. The fraction of sp³-hybridized carbons (Fsp3) is 0.375. The third-order valence-corrected chi connectivity index (χ3v) is 5.94. The number of benzene rings is 1. The van der Waals surface area contributed by atoms with Gasteiger partial charge in [-0.3, -0.25) is 4.79 Å². The summed E-state index contributed by atoms with van der Waals surface area (Å²) < 4.78 is 28.5. The van der Waals surface area contributed by atoms with Crippen LogP contribution >= 0.6 is 0 Å². The van der Waals surface area contributed by atoms with E-state index in [2.05, 4.69) is 4.98 Å². The number of methoxy groups -OCH3 is 1. The van der Waals surface area contributed by atoms with Gasteiger partial charge in [0.1, 0.15) is 5.69 Å². The van der Waals surface area contributed by atoms with Crippen molar-refractivity contribution in [3.05, 3.63) is 36.0 Å². The van der Waals surface area contributed by atoms with Crippen molar-refractivity contribution in [2.24, 2.45) is 0 Å². The Morgan fingerprint density at radius 3 is 2.74 bits per heavy atom. The largest absolute Gasteiger partial charge is 0.481 e. The van der Waals surface area contributed by atoms with Crippen LogP contribution in [0.15, 0.2) is 30.3 Å². The first-order chi connectivity index (χ1) is 10.9. The second kappa shape index (κ2) is 5.81. The van der Waals surface area contributed by atoms with E-state index in [4.69, 9.17) is 4.74 Å². The first-order valence-corrected chi connectivity index (χ1v) is 9.15. The molecule has 0 radical (unpaired) electrons. The fourth-order valence-electron chi connectivity index (χ4n) is 2.86. The first-order valence-electron chi connectivity index (χ1n) is 7.32. The number of fused-ring (bicyclic) bond motifs is 1. The lowest BCUT2D eigenvalue weighted by Crippen LogP contribution is -2.38.